The summed E-state index contributed by atoms with van der Waals surface area (Å²) in [4.78, 5) is 14.4. The second kappa shape index (κ2) is 6.64. The zero-order chi connectivity index (χ0) is 15.4. The number of nitrogen functional groups attached to an aromatic ring is 1. The zero-order valence-electron chi connectivity index (χ0n) is 12.3. The molecule has 110 valence electrons. The highest BCUT2D eigenvalue weighted by molar-refractivity contribution is 6.31. The van der Waals surface area contributed by atoms with E-state index >= 15 is 0 Å². The van der Waals surface area contributed by atoms with Gasteiger partial charge in [-0.2, -0.15) is 0 Å². The maximum Gasteiger partial charge on any atom is 0.254 e. The normalized spacial score (nSPS) is 10.4. The maximum atomic E-state index is 12.6. The fraction of sp³-hybridized carbons (Fsp3) is 0.235. The summed E-state index contributed by atoms with van der Waals surface area (Å²) in [5.41, 5.74) is 9.07. The van der Waals surface area contributed by atoms with E-state index in [0.717, 1.165) is 5.56 Å². The van der Waals surface area contributed by atoms with Gasteiger partial charge in [-0.25, -0.2) is 0 Å². The lowest BCUT2D eigenvalue weighted by molar-refractivity contribution is 0.0752. The quantitative estimate of drug-likeness (QED) is 0.871. The van der Waals surface area contributed by atoms with Crippen LogP contribution in [0.1, 0.15) is 28.4 Å². The van der Waals surface area contributed by atoms with Crippen molar-refractivity contribution >= 4 is 23.2 Å². The minimum atomic E-state index is -0.0618. The van der Waals surface area contributed by atoms with Crippen LogP contribution in [0.25, 0.3) is 0 Å². The van der Waals surface area contributed by atoms with Gasteiger partial charge in [-0.1, -0.05) is 41.4 Å². The largest absolute Gasteiger partial charge is 0.399 e. The number of carbonyl (C=O) groups excluding carboxylic acids is 1. The molecule has 4 heteroatoms. The predicted octanol–water partition coefficient (Wildman–Crippen LogP) is 3.89. The Hall–Kier alpha value is -2.00. The Balaban J connectivity index is 2.22. The van der Waals surface area contributed by atoms with Crippen LogP contribution in [0.4, 0.5) is 5.69 Å². The van der Waals surface area contributed by atoms with Crippen molar-refractivity contribution in [3.63, 3.8) is 0 Å². The minimum Gasteiger partial charge on any atom is -0.399 e. The molecule has 0 spiro atoms. The van der Waals surface area contributed by atoms with Crippen LogP contribution in [0, 0.1) is 6.92 Å². The lowest BCUT2D eigenvalue weighted by atomic mass is 10.1. The molecule has 2 rings (SSSR count). The molecule has 0 aliphatic rings. The number of benzene rings is 2. The average molecular weight is 303 g/mol. The number of halogens is 1. The third-order valence-electron chi connectivity index (χ3n) is 3.29. The first-order valence-corrected chi connectivity index (χ1v) is 7.28. The van der Waals surface area contributed by atoms with E-state index in [1.807, 2.05) is 32.0 Å². The molecule has 0 aromatic heterocycles. The van der Waals surface area contributed by atoms with E-state index < -0.39 is 0 Å². The van der Waals surface area contributed by atoms with Gasteiger partial charge in [0.15, 0.2) is 0 Å². The van der Waals surface area contributed by atoms with Gasteiger partial charge in [0.1, 0.15) is 0 Å². The number of amides is 1. The highest BCUT2D eigenvalue weighted by Gasteiger charge is 2.15. The van der Waals surface area contributed by atoms with Crippen LogP contribution in [0.2, 0.25) is 5.02 Å². The number of nitrogens with two attached hydrogens (primary N) is 1. The summed E-state index contributed by atoms with van der Waals surface area (Å²) in [6.45, 7) is 5.20. The number of hydrogen-bond donors (Lipinski definition) is 1. The second-order valence-electron chi connectivity index (χ2n) is 5.08. The molecule has 2 N–H and O–H groups in total. The van der Waals surface area contributed by atoms with E-state index in [9.17, 15) is 4.79 Å². The molecule has 0 radical (unpaired) electrons. The minimum absolute atomic E-state index is 0.0618. The lowest BCUT2D eigenvalue weighted by Crippen LogP contribution is -2.30. The lowest BCUT2D eigenvalue weighted by Gasteiger charge is -2.21. The Kier molecular flexibility index (Phi) is 4.86. The zero-order valence-corrected chi connectivity index (χ0v) is 13.0. The monoisotopic (exact) mass is 302 g/mol. The van der Waals surface area contributed by atoms with E-state index in [-0.39, 0.29) is 5.91 Å². The summed E-state index contributed by atoms with van der Waals surface area (Å²) in [7, 11) is 0. The molecular formula is C17H19ClN2O. The van der Waals surface area contributed by atoms with Gasteiger partial charge in [-0.15, -0.1) is 0 Å². The molecule has 0 atom stereocenters. The van der Waals surface area contributed by atoms with E-state index in [0.29, 0.717) is 29.4 Å². The van der Waals surface area contributed by atoms with Crippen molar-refractivity contribution < 1.29 is 4.79 Å². The molecular weight excluding hydrogens is 284 g/mol. The summed E-state index contributed by atoms with van der Waals surface area (Å²) in [5, 5.41) is 0.477. The van der Waals surface area contributed by atoms with Crippen LogP contribution >= 0.6 is 11.6 Å². The third kappa shape index (κ3) is 3.99. The maximum absolute atomic E-state index is 12.6. The summed E-state index contributed by atoms with van der Waals surface area (Å²) in [6, 6.07) is 13.1. The van der Waals surface area contributed by atoms with Gasteiger partial charge in [0.25, 0.3) is 5.91 Å². The van der Waals surface area contributed by atoms with Crippen molar-refractivity contribution in [1.82, 2.24) is 4.90 Å². The molecule has 2 aromatic rings. The van der Waals surface area contributed by atoms with E-state index in [4.69, 9.17) is 17.3 Å². The number of rotatable bonds is 4. The Bertz CT molecular complexity index is 635. The van der Waals surface area contributed by atoms with Gasteiger partial charge < -0.3 is 10.6 Å². The summed E-state index contributed by atoms with van der Waals surface area (Å²) < 4.78 is 0. The fourth-order valence-electron chi connectivity index (χ4n) is 2.28. The van der Waals surface area contributed by atoms with Crippen molar-refractivity contribution in [2.45, 2.75) is 20.4 Å². The second-order valence-corrected chi connectivity index (χ2v) is 5.52. The van der Waals surface area contributed by atoms with Gasteiger partial charge in [0, 0.05) is 29.4 Å². The van der Waals surface area contributed by atoms with Crippen molar-refractivity contribution in [2.75, 3.05) is 12.3 Å². The Morgan fingerprint density at radius 3 is 2.62 bits per heavy atom. The van der Waals surface area contributed by atoms with Crippen molar-refractivity contribution in [2.24, 2.45) is 0 Å². The first-order valence-electron chi connectivity index (χ1n) is 6.90. The third-order valence-corrected chi connectivity index (χ3v) is 3.51. The molecule has 0 saturated carbocycles. The Morgan fingerprint density at radius 2 is 2.00 bits per heavy atom. The van der Waals surface area contributed by atoms with E-state index in [2.05, 4.69) is 6.07 Å². The standard InChI is InChI=1S/C17H19ClN2O/c1-3-20(11-13-6-4-5-12(2)7-13)17(21)14-8-15(18)10-16(19)9-14/h4-10H,3,11,19H2,1-2H3. The molecule has 21 heavy (non-hydrogen) atoms. The first kappa shape index (κ1) is 15.4. The van der Waals surface area contributed by atoms with Crippen molar-refractivity contribution in [3.8, 4) is 0 Å². The summed E-state index contributed by atoms with van der Waals surface area (Å²) in [6.07, 6.45) is 0. The molecule has 0 aliphatic heterocycles. The van der Waals surface area contributed by atoms with Gasteiger partial charge in [0.05, 0.1) is 0 Å². The van der Waals surface area contributed by atoms with Crippen LogP contribution in [-0.2, 0) is 6.54 Å². The molecule has 0 aliphatic carbocycles. The van der Waals surface area contributed by atoms with Gasteiger partial charge >= 0.3 is 0 Å². The molecule has 0 fully saturated rings. The number of anilines is 1. The Morgan fingerprint density at radius 1 is 1.24 bits per heavy atom. The summed E-state index contributed by atoms with van der Waals surface area (Å²) in [5.74, 6) is -0.0618. The van der Waals surface area contributed by atoms with Gasteiger partial charge in [-0.3, -0.25) is 4.79 Å². The van der Waals surface area contributed by atoms with Gasteiger partial charge in [0.2, 0.25) is 0 Å². The molecule has 3 nitrogen and oxygen atoms in total. The number of hydrogen-bond acceptors (Lipinski definition) is 2. The number of aryl methyl sites for hydroxylation is 1. The average Bonchev–Trinajstić information content (AvgIpc) is 2.43. The predicted molar refractivity (Wildman–Crippen MR) is 87.5 cm³/mol. The van der Waals surface area contributed by atoms with Gasteiger partial charge in [-0.05, 0) is 37.6 Å². The molecule has 0 heterocycles. The van der Waals surface area contributed by atoms with Crippen LogP contribution in [0.15, 0.2) is 42.5 Å². The molecule has 1 amide bonds. The molecule has 0 saturated heterocycles. The van der Waals surface area contributed by atoms with Crippen LogP contribution in [-0.4, -0.2) is 17.4 Å². The van der Waals surface area contributed by atoms with E-state index in [1.165, 1.54) is 5.56 Å². The topological polar surface area (TPSA) is 46.3 Å². The number of carbonyl (C=O) groups is 1. The van der Waals surface area contributed by atoms with E-state index in [1.54, 1.807) is 23.1 Å². The highest BCUT2D eigenvalue weighted by atomic mass is 35.5. The molecule has 0 unspecified atom stereocenters. The van der Waals surface area contributed by atoms with Crippen molar-refractivity contribution in [3.05, 3.63) is 64.2 Å². The Labute approximate surface area is 130 Å². The summed E-state index contributed by atoms with van der Waals surface area (Å²) >= 11 is 5.97. The number of nitrogens with zero attached hydrogens (tertiary/aromatic N) is 1. The molecule has 0 bridgehead atoms. The fourth-order valence-corrected chi connectivity index (χ4v) is 2.52. The van der Waals surface area contributed by atoms with Crippen LogP contribution < -0.4 is 5.73 Å². The first-order chi connectivity index (χ1) is 9.99. The van der Waals surface area contributed by atoms with Crippen molar-refractivity contribution in [1.29, 1.82) is 0 Å². The smallest absolute Gasteiger partial charge is 0.254 e. The highest BCUT2D eigenvalue weighted by Crippen LogP contribution is 2.19. The SMILES string of the molecule is CCN(Cc1cccc(C)c1)C(=O)c1cc(N)cc(Cl)c1. The molecule has 2 aromatic carbocycles. The van der Waals surface area contributed by atoms with Crippen LogP contribution in [0.3, 0.4) is 0 Å². The van der Waals surface area contributed by atoms with Crippen LogP contribution in [0.5, 0.6) is 0 Å².